The fourth-order valence-corrected chi connectivity index (χ4v) is 4.26. The van der Waals surface area contributed by atoms with Gasteiger partial charge in [0.2, 0.25) is 0 Å². The van der Waals surface area contributed by atoms with E-state index in [4.69, 9.17) is 0 Å². The van der Waals surface area contributed by atoms with Gasteiger partial charge in [0.1, 0.15) is 11.5 Å². The SMILES string of the molecule is CNC(=O)c1cc(C(=O)N[C@H]2[C@@H]3C[C@H](O)C[C@@H]32)n([C@@H](C)c2cccc(F)c2)n1. The number of amides is 2. The fourth-order valence-electron chi connectivity index (χ4n) is 4.26. The Balaban J connectivity index is 1.61. The number of aromatic nitrogens is 2. The Morgan fingerprint density at radius 1 is 1.25 bits per heavy atom. The Kier molecular flexibility index (Phi) is 4.66. The van der Waals surface area contributed by atoms with Gasteiger partial charge >= 0.3 is 0 Å². The van der Waals surface area contributed by atoms with Crippen LogP contribution in [0.4, 0.5) is 4.39 Å². The summed E-state index contributed by atoms with van der Waals surface area (Å²) in [6.45, 7) is 1.80. The number of rotatable bonds is 5. The number of hydrogen-bond acceptors (Lipinski definition) is 4. The first-order chi connectivity index (χ1) is 13.4. The second-order valence-electron chi connectivity index (χ2n) is 7.62. The maximum atomic E-state index is 13.6. The molecule has 3 N–H and O–H groups in total. The Hall–Kier alpha value is -2.74. The third-order valence-corrected chi connectivity index (χ3v) is 5.84. The number of carbonyl (C=O) groups excluding carboxylic acids is 2. The Bertz CT molecular complexity index is 916. The third-order valence-electron chi connectivity index (χ3n) is 5.84. The first kappa shape index (κ1) is 18.6. The highest BCUT2D eigenvalue weighted by molar-refractivity contribution is 5.98. The van der Waals surface area contributed by atoms with Crippen molar-refractivity contribution in [2.24, 2.45) is 11.8 Å². The van der Waals surface area contributed by atoms with E-state index in [-0.39, 0.29) is 35.3 Å². The predicted octanol–water partition coefficient (Wildman–Crippen LogP) is 1.49. The smallest absolute Gasteiger partial charge is 0.271 e. The molecule has 0 aliphatic heterocycles. The molecule has 0 radical (unpaired) electrons. The molecule has 28 heavy (non-hydrogen) atoms. The molecule has 8 heteroatoms. The number of halogens is 1. The van der Waals surface area contributed by atoms with E-state index in [9.17, 15) is 19.1 Å². The molecule has 1 aromatic heterocycles. The molecular formula is C20H23FN4O3. The summed E-state index contributed by atoms with van der Waals surface area (Å²) in [5.74, 6) is -0.465. The minimum absolute atomic E-state index is 0.0483. The third kappa shape index (κ3) is 3.28. The topological polar surface area (TPSA) is 96.3 Å². The van der Waals surface area contributed by atoms with Gasteiger partial charge in [0.15, 0.2) is 5.69 Å². The van der Waals surface area contributed by atoms with Gasteiger partial charge in [-0.05, 0) is 49.3 Å². The number of fused-ring (bicyclic) bond motifs is 1. The molecule has 1 aromatic carbocycles. The van der Waals surface area contributed by atoms with Crippen molar-refractivity contribution in [1.82, 2.24) is 20.4 Å². The zero-order valence-electron chi connectivity index (χ0n) is 15.7. The van der Waals surface area contributed by atoms with Crippen LogP contribution < -0.4 is 10.6 Å². The molecule has 2 amide bonds. The Morgan fingerprint density at radius 2 is 1.96 bits per heavy atom. The van der Waals surface area contributed by atoms with Crippen molar-refractivity contribution < 1.29 is 19.1 Å². The summed E-state index contributed by atoms with van der Waals surface area (Å²) in [5.41, 5.74) is 1.02. The van der Waals surface area contributed by atoms with Crippen LogP contribution in [0, 0.1) is 17.7 Å². The van der Waals surface area contributed by atoms with Gasteiger partial charge in [0.05, 0.1) is 12.1 Å². The van der Waals surface area contributed by atoms with Crippen LogP contribution in [0.1, 0.15) is 52.3 Å². The van der Waals surface area contributed by atoms with Crippen LogP contribution in [0.2, 0.25) is 0 Å². The van der Waals surface area contributed by atoms with E-state index in [1.807, 2.05) is 0 Å². The van der Waals surface area contributed by atoms with Crippen LogP contribution in [0.5, 0.6) is 0 Å². The summed E-state index contributed by atoms with van der Waals surface area (Å²) < 4.78 is 15.1. The molecule has 5 atom stereocenters. The van der Waals surface area contributed by atoms with E-state index in [1.54, 1.807) is 19.1 Å². The van der Waals surface area contributed by atoms with Crippen molar-refractivity contribution in [3.05, 3.63) is 53.1 Å². The summed E-state index contributed by atoms with van der Waals surface area (Å²) in [6, 6.07) is 7.16. The zero-order valence-corrected chi connectivity index (χ0v) is 15.7. The Morgan fingerprint density at radius 3 is 2.61 bits per heavy atom. The molecule has 0 unspecified atom stereocenters. The molecular weight excluding hydrogens is 363 g/mol. The van der Waals surface area contributed by atoms with Crippen LogP contribution in [-0.2, 0) is 0 Å². The normalized spacial score (nSPS) is 26.4. The van der Waals surface area contributed by atoms with Crippen molar-refractivity contribution in [1.29, 1.82) is 0 Å². The van der Waals surface area contributed by atoms with Crippen LogP contribution in [0.3, 0.4) is 0 Å². The average molecular weight is 386 g/mol. The number of hydrogen-bond donors (Lipinski definition) is 3. The van der Waals surface area contributed by atoms with Crippen molar-refractivity contribution >= 4 is 11.8 Å². The van der Waals surface area contributed by atoms with E-state index < -0.39 is 11.9 Å². The summed E-state index contributed by atoms with van der Waals surface area (Å²) in [6.07, 6.45) is 1.14. The van der Waals surface area contributed by atoms with Gasteiger partial charge in [-0.25, -0.2) is 4.39 Å². The summed E-state index contributed by atoms with van der Waals surface area (Å²) >= 11 is 0. The lowest BCUT2D eigenvalue weighted by Gasteiger charge is -2.17. The summed E-state index contributed by atoms with van der Waals surface area (Å²) in [5, 5.41) is 19.5. The highest BCUT2D eigenvalue weighted by Gasteiger charge is 2.56. The van der Waals surface area contributed by atoms with Crippen LogP contribution in [0.25, 0.3) is 0 Å². The van der Waals surface area contributed by atoms with E-state index >= 15 is 0 Å². The lowest BCUT2D eigenvalue weighted by atomic mass is 10.1. The lowest BCUT2D eigenvalue weighted by Crippen LogP contribution is -2.32. The van der Waals surface area contributed by atoms with Gasteiger partial charge in [-0.3, -0.25) is 14.3 Å². The number of nitrogens with one attached hydrogen (secondary N) is 2. The van der Waals surface area contributed by atoms with Crippen molar-refractivity contribution in [3.8, 4) is 0 Å². The number of aliphatic hydroxyl groups is 1. The van der Waals surface area contributed by atoms with E-state index in [0.29, 0.717) is 30.2 Å². The maximum Gasteiger partial charge on any atom is 0.271 e. The number of aliphatic hydroxyl groups excluding tert-OH is 1. The highest BCUT2D eigenvalue weighted by atomic mass is 19.1. The standard InChI is InChI=1S/C20H23FN4O3/c1-10(11-4-3-5-12(21)6-11)25-17(9-16(24-25)19(27)22-2)20(28)23-18-14-7-13(26)8-15(14)18/h3-6,9-10,13-15,18,26H,7-8H2,1-2H3,(H,22,27)(H,23,28)/t10-,13-,14+,15-,18-/m0/s1. The molecule has 2 fully saturated rings. The molecule has 4 rings (SSSR count). The molecule has 7 nitrogen and oxygen atoms in total. The monoisotopic (exact) mass is 386 g/mol. The molecule has 1 heterocycles. The lowest BCUT2D eigenvalue weighted by molar-refractivity contribution is 0.0923. The van der Waals surface area contributed by atoms with Crippen molar-refractivity contribution in [3.63, 3.8) is 0 Å². The molecule has 2 aromatic rings. The average Bonchev–Trinajstić information content (AvgIpc) is 3.06. The van der Waals surface area contributed by atoms with E-state index in [0.717, 1.165) is 0 Å². The molecule has 2 aliphatic carbocycles. The van der Waals surface area contributed by atoms with E-state index in [1.165, 1.54) is 29.9 Å². The largest absolute Gasteiger partial charge is 0.393 e. The number of benzene rings is 1. The summed E-state index contributed by atoms with van der Waals surface area (Å²) in [7, 11) is 1.49. The second kappa shape index (κ2) is 7.01. The van der Waals surface area contributed by atoms with Gasteiger partial charge in [-0.2, -0.15) is 5.10 Å². The van der Waals surface area contributed by atoms with Gasteiger partial charge in [0, 0.05) is 19.2 Å². The fraction of sp³-hybridized carbons (Fsp3) is 0.450. The van der Waals surface area contributed by atoms with Crippen molar-refractivity contribution in [2.75, 3.05) is 7.05 Å². The zero-order chi connectivity index (χ0) is 20.0. The predicted molar refractivity (Wildman–Crippen MR) is 99.3 cm³/mol. The first-order valence-electron chi connectivity index (χ1n) is 9.45. The molecule has 0 spiro atoms. The minimum atomic E-state index is -0.435. The first-order valence-corrected chi connectivity index (χ1v) is 9.45. The van der Waals surface area contributed by atoms with Crippen LogP contribution in [-0.4, -0.2) is 45.9 Å². The van der Waals surface area contributed by atoms with Crippen LogP contribution >= 0.6 is 0 Å². The van der Waals surface area contributed by atoms with Gasteiger partial charge in [0.25, 0.3) is 11.8 Å². The van der Waals surface area contributed by atoms with Crippen LogP contribution in [0.15, 0.2) is 30.3 Å². The number of nitrogens with zero attached hydrogens (tertiary/aromatic N) is 2. The maximum absolute atomic E-state index is 13.6. The minimum Gasteiger partial charge on any atom is -0.393 e. The molecule has 148 valence electrons. The molecule has 2 saturated carbocycles. The highest BCUT2D eigenvalue weighted by Crippen LogP contribution is 2.52. The molecule has 0 bridgehead atoms. The van der Waals surface area contributed by atoms with E-state index in [2.05, 4.69) is 15.7 Å². The Labute approximate surface area is 161 Å². The molecule has 2 aliphatic rings. The van der Waals surface area contributed by atoms with Gasteiger partial charge in [-0.15, -0.1) is 0 Å². The second-order valence-corrected chi connectivity index (χ2v) is 7.62. The van der Waals surface area contributed by atoms with Crippen molar-refractivity contribution in [2.45, 2.75) is 38.0 Å². The summed E-state index contributed by atoms with van der Waals surface area (Å²) in [4.78, 5) is 25.0. The quantitative estimate of drug-likeness (QED) is 0.725. The van der Waals surface area contributed by atoms with Gasteiger partial charge < -0.3 is 15.7 Å². The van der Waals surface area contributed by atoms with Gasteiger partial charge in [-0.1, -0.05) is 12.1 Å². The number of carbonyl (C=O) groups is 2. The molecule has 0 saturated heterocycles.